The van der Waals surface area contributed by atoms with E-state index in [1.54, 1.807) is 42.1 Å². The Hall–Kier alpha value is -3.14. The van der Waals surface area contributed by atoms with Crippen LogP contribution in [0.15, 0.2) is 47.8 Å². The molecule has 3 aromatic rings. The monoisotopic (exact) mass is 415 g/mol. The van der Waals surface area contributed by atoms with Crippen LogP contribution in [0.1, 0.15) is 25.6 Å². The molecule has 29 heavy (non-hydrogen) atoms. The van der Waals surface area contributed by atoms with Crippen LogP contribution in [-0.2, 0) is 17.1 Å². The molecule has 0 spiro atoms. The summed E-state index contributed by atoms with van der Waals surface area (Å²) in [5, 5.41) is 11.2. The zero-order valence-electron chi connectivity index (χ0n) is 17.1. The van der Waals surface area contributed by atoms with E-state index in [2.05, 4.69) is 25.2 Å². The molecule has 3 rings (SSSR count). The van der Waals surface area contributed by atoms with Crippen LogP contribution in [0.3, 0.4) is 0 Å². The Balaban J connectivity index is 1.73. The Morgan fingerprint density at radius 1 is 1.10 bits per heavy atom. The van der Waals surface area contributed by atoms with Crippen LogP contribution in [0.5, 0.6) is 0 Å². The number of sulfonamides is 1. The van der Waals surface area contributed by atoms with Gasteiger partial charge in [-0.25, -0.2) is 4.98 Å². The molecule has 0 amide bonds. The maximum Gasteiger partial charge on any atom is 0.280 e. The number of nitrogens with one attached hydrogen (secondary N) is 2. The van der Waals surface area contributed by atoms with Gasteiger partial charge in [-0.3, -0.25) is 4.72 Å². The predicted molar refractivity (Wildman–Crippen MR) is 114 cm³/mol. The number of nitrogens with zero attached hydrogens (tertiary/aromatic N) is 5. The second kappa shape index (κ2) is 8.08. The van der Waals surface area contributed by atoms with Crippen molar-refractivity contribution < 1.29 is 8.42 Å². The normalized spacial score (nSPS) is 11.5. The summed E-state index contributed by atoms with van der Waals surface area (Å²) in [7, 11) is 1.87. The molecular formula is C19H25N7O2S. The average molecular weight is 416 g/mol. The van der Waals surface area contributed by atoms with E-state index in [-0.39, 0.29) is 10.9 Å². The Morgan fingerprint density at radius 3 is 2.34 bits per heavy atom. The molecule has 0 saturated heterocycles. The van der Waals surface area contributed by atoms with E-state index in [0.29, 0.717) is 17.3 Å². The van der Waals surface area contributed by atoms with E-state index in [1.165, 1.54) is 6.20 Å². The highest BCUT2D eigenvalue weighted by Gasteiger charge is 2.20. The average Bonchev–Trinajstić information content (AvgIpc) is 3.06. The highest BCUT2D eigenvalue weighted by Crippen LogP contribution is 2.22. The molecule has 0 aliphatic rings. The molecule has 2 heterocycles. The molecule has 154 valence electrons. The highest BCUT2D eigenvalue weighted by molar-refractivity contribution is 7.92. The molecule has 10 heteroatoms. The van der Waals surface area contributed by atoms with Crippen LogP contribution in [0.25, 0.3) is 0 Å². The lowest BCUT2D eigenvalue weighted by atomic mass is 10.2. The van der Waals surface area contributed by atoms with Crippen LogP contribution >= 0.6 is 0 Å². The summed E-state index contributed by atoms with van der Waals surface area (Å²) >= 11 is 0. The van der Waals surface area contributed by atoms with Crippen molar-refractivity contribution >= 4 is 32.9 Å². The summed E-state index contributed by atoms with van der Waals surface area (Å²) < 4.78 is 29.6. The van der Waals surface area contributed by atoms with Gasteiger partial charge in [0.15, 0.2) is 10.8 Å². The van der Waals surface area contributed by atoms with Crippen molar-refractivity contribution in [3.63, 3.8) is 0 Å². The topological polar surface area (TPSA) is 105 Å². The van der Waals surface area contributed by atoms with Gasteiger partial charge < -0.3 is 14.8 Å². The van der Waals surface area contributed by atoms with Gasteiger partial charge >= 0.3 is 0 Å². The van der Waals surface area contributed by atoms with Gasteiger partial charge in [-0.15, -0.1) is 5.10 Å². The molecule has 0 saturated carbocycles. The Labute approximate surface area is 170 Å². The molecular weight excluding hydrogens is 390 g/mol. The zero-order valence-corrected chi connectivity index (χ0v) is 17.9. The number of hydrogen-bond donors (Lipinski definition) is 2. The second-order valence-corrected chi connectivity index (χ2v) is 8.83. The quantitative estimate of drug-likeness (QED) is 0.611. The number of anilines is 4. The summed E-state index contributed by atoms with van der Waals surface area (Å²) in [6, 6.07) is 8.75. The Bertz CT molecular complexity index is 1090. The van der Waals surface area contributed by atoms with Crippen molar-refractivity contribution in [3.05, 3.63) is 48.5 Å². The number of rotatable bonds is 7. The molecule has 0 aliphatic carbocycles. The van der Waals surface area contributed by atoms with Crippen molar-refractivity contribution in [3.8, 4) is 0 Å². The molecule has 0 radical (unpaired) electrons. The third-order valence-electron chi connectivity index (χ3n) is 4.25. The van der Waals surface area contributed by atoms with Crippen LogP contribution in [-0.4, -0.2) is 42.3 Å². The van der Waals surface area contributed by atoms with Gasteiger partial charge in [0.05, 0.1) is 11.9 Å². The Morgan fingerprint density at radius 2 is 1.76 bits per heavy atom. The molecule has 9 nitrogen and oxygen atoms in total. The van der Waals surface area contributed by atoms with Crippen LogP contribution in [0.2, 0.25) is 0 Å². The van der Waals surface area contributed by atoms with Gasteiger partial charge in [-0.1, -0.05) is 13.8 Å². The summed E-state index contributed by atoms with van der Waals surface area (Å²) in [5.74, 6) is 1.44. The van der Waals surface area contributed by atoms with Gasteiger partial charge in [0.2, 0.25) is 0 Å². The van der Waals surface area contributed by atoms with Gasteiger partial charge in [-0.05, 0) is 24.3 Å². The first-order valence-corrected chi connectivity index (χ1v) is 10.6. The van der Waals surface area contributed by atoms with E-state index >= 15 is 0 Å². The van der Waals surface area contributed by atoms with E-state index in [1.807, 2.05) is 38.9 Å². The predicted octanol–water partition coefficient (Wildman–Crippen LogP) is 2.94. The third-order valence-corrected chi connectivity index (χ3v) is 5.50. The zero-order chi connectivity index (χ0) is 21.2. The molecule has 0 bridgehead atoms. The highest BCUT2D eigenvalue weighted by atomic mass is 32.2. The van der Waals surface area contributed by atoms with Crippen molar-refractivity contribution in [1.29, 1.82) is 0 Å². The lowest BCUT2D eigenvalue weighted by Gasteiger charge is -2.13. The standard InChI is InChI=1S/C19H25N7O2S/c1-13(2)19-22-18(12-26(19)5)29(27,28)24-15-8-6-14(7-9-15)21-17-10-16(25(3)4)11-20-23-17/h6-13,24H,1-5H3,(H,21,23). The van der Waals surface area contributed by atoms with Gasteiger partial charge in [0, 0.05) is 50.7 Å². The van der Waals surface area contributed by atoms with E-state index in [4.69, 9.17) is 0 Å². The Kier molecular flexibility index (Phi) is 5.73. The fourth-order valence-electron chi connectivity index (χ4n) is 2.76. The molecule has 0 fully saturated rings. The molecule has 0 atom stereocenters. The lowest BCUT2D eigenvalue weighted by molar-refractivity contribution is 0.597. The largest absolute Gasteiger partial charge is 0.376 e. The summed E-state index contributed by atoms with van der Waals surface area (Å²) in [5.41, 5.74) is 2.13. The molecule has 1 aromatic carbocycles. The second-order valence-electron chi connectivity index (χ2n) is 7.20. The van der Waals surface area contributed by atoms with Gasteiger partial charge in [-0.2, -0.15) is 13.5 Å². The summed E-state index contributed by atoms with van der Waals surface area (Å²) in [6.45, 7) is 3.94. The minimum atomic E-state index is -3.77. The minimum Gasteiger partial charge on any atom is -0.376 e. The molecule has 2 aromatic heterocycles. The fraction of sp³-hybridized carbons (Fsp3) is 0.316. The maximum atomic E-state index is 12.6. The first-order valence-electron chi connectivity index (χ1n) is 9.09. The fourth-order valence-corrected chi connectivity index (χ4v) is 3.82. The minimum absolute atomic E-state index is 0.00155. The third kappa shape index (κ3) is 4.83. The number of imidazole rings is 1. The van der Waals surface area contributed by atoms with E-state index in [9.17, 15) is 8.42 Å². The lowest BCUT2D eigenvalue weighted by Crippen LogP contribution is -2.13. The molecule has 2 N–H and O–H groups in total. The summed E-state index contributed by atoms with van der Waals surface area (Å²) in [6.07, 6.45) is 3.19. The number of aromatic nitrogens is 4. The van der Waals surface area contributed by atoms with Crippen LogP contribution in [0.4, 0.5) is 22.9 Å². The van der Waals surface area contributed by atoms with Crippen molar-refractivity contribution in [2.24, 2.45) is 7.05 Å². The van der Waals surface area contributed by atoms with Crippen molar-refractivity contribution in [1.82, 2.24) is 19.7 Å². The molecule has 0 unspecified atom stereocenters. The maximum absolute atomic E-state index is 12.6. The van der Waals surface area contributed by atoms with E-state index in [0.717, 1.165) is 11.4 Å². The summed E-state index contributed by atoms with van der Waals surface area (Å²) in [4.78, 5) is 6.18. The van der Waals surface area contributed by atoms with Gasteiger partial charge in [0.1, 0.15) is 5.82 Å². The SMILES string of the molecule is CC(C)c1nc(S(=O)(=O)Nc2ccc(Nc3cc(N(C)C)cnn3)cc2)cn1C. The van der Waals surface area contributed by atoms with Crippen molar-refractivity contribution in [2.75, 3.05) is 29.0 Å². The van der Waals surface area contributed by atoms with Crippen LogP contribution in [0, 0.1) is 0 Å². The number of benzene rings is 1. The smallest absolute Gasteiger partial charge is 0.280 e. The first-order chi connectivity index (χ1) is 13.7. The molecule has 0 aliphatic heterocycles. The number of hydrogen-bond acceptors (Lipinski definition) is 7. The van der Waals surface area contributed by atoms with Crippen molar-refractivity contribution in [2.45, 2.75) is 24.8 Å². The van der Waals surface area contributed by atoms with E-state index < -0.39 is 10.0 Å². The van der Waals surface area contributed by atoms with Crippen LogP contribution < -0.4 is 14.9 Å². The van der Waals surface area contributed by atoms with Gasteiger partial charge in [0.25, 0.3) is 10.0 Å². The number of aryl methyl sites for hydroxylation is 1. The first kappa shape index (κ1) is 20.6.